The first kappa shape index (κ1) is 10.2. The van der Waals surface area contributed by atoms with Crippen molar-refractivity contribution in [1.82, 2.24) is 20.2 Å². The summed E-state index contributed by atoms with van der Waals surface area (Å²) in [5.74, 6) is 1.15. The molecule has 16 heavy (non-hydrogen) atoms. The van der Waals surface area contributed by atoms with E-state index in [9.17, 15) is 4.79 Å². The predicted molar refractivity (Wildman–Crippen MR) is 55.1 cm³/mol. The van der Waals surface area contributed by atoms with Gasteiger partial charge in [-0.2, -0.15) is 4.68 Å². The van der Waals surface area contributed by atoms with Crippen LogP contribution in [0.4, 0.5) is 0 Å². The van der Waals surface area contributed by atoms with E-state index in [0.717, 1.165) is 4.68 Å². The molecular weight excluding hydrogens is 212 g/mol. The summed E-state index contributed by atoms with van der Waals surface area (Å²) >= 11 is 0. The van der Waals surface area contributed by atoms with Gasteiger partial charge in [-0.05, 0) is 10.4 Å². The van der Waals surface area contributed by atoms with Gasteiger partial charge < -0.3 is 9.47 Å². The minimum absolute atomic E-state index is 0.421. The molecule has 0 amide bonds. The minimum atomic E-state index is -0.421. The van der Waals surface area contributed by atoms with E-state index in [2.05, 4.69) is 15.5 Å². The molecule has 1 N–H and O–H groups in total. The zero-order valence-corrected chi connectivity index (χ0v) is 8.80. The average Bonchev–Trinajstić information content (AvgIpc) is 2.74. The van der Waals surface area contributed by atoms with Gasteiger partial charge in [0.1, 0.15) is 11.5 Å². The minimum Gasteiger partial charge on any atom is -0.497 e. The quantitative estimate of drug-likeness (QED) is 0.788. The van der Waals surface area contributed by atoms with Gasteiger partial charge in [-0.3, -0.25) is 0 Å². The van der Waals surface area contributed by atoms with Gasteiger partial charge in [0.15, 0.2) is 0 Å². The summed E-state index contributed by atoms with van der Waals surface area (Å²) in [5.41, 5.74) is 0.102. The molecular formula is C9H10N4O3. The third kappa shape index (κ3) is 1.74. The van der Waals surface area contributed by atoms with Gasteiger partial charge in [0.25, 0.3) is 0 Å². The Bertz CT molecular complexity index is 523. The number of benzene rings is 1. The van der Waals surface area contributed by atoms with Crippen LogP contribution in [-0.2, 0) is 0 Å². The van der Waals surface area contributed by atoms with Gasteiger partial charge in [0, 0.05) is 18.2 Å². The SMILES string of the molecule is COc1cc(OC)cc(-n2nn[nH]c2=O)c1. The summed E-state index contributed by atoms with van der Waals surface area (Å²) in [6, 6.07) is 5.02. The lowest BCUT2D eigenvalue weighted by molar-refractivity contribution is 0.393. The molecule has 7 nitrogen and oxygen atoms in total. The Morgan fingerprint density at radius 1 is 1.19 bits per heavy atom. The molecule has 0 aliphatic heterocycles. The van der Waals surface area contributed by atoms with Gasteiger partial charge in [-0.25, -0.2) is 9.89 Å². The van der Waals surface area contributed by atoms with Crippen molar-refractivity contribution in [2.24, 2.45) is 0 Å². The van der Waals surface area contributed by atoms with Crippen LogP contribution in [0.3, 0.4) is 0 Å². The summed E-state index contributed by atoms with van der Waals surface area (Å²) < 4.78 is 11.3. The second-order valence-corrected chi connectivity index (χ2v) is 2.99. The summed E-state index contributed by atoms with van der Waals surface area (Å²) in [6.45, 7) is 0. The molecule has 0 saturated heterocycles. The fourth-order valence-corrected chi connectivity index (χ4v) is 1.28. The number of nitrogens with zero attached hydrogens (tertiary/aromatic N) is 3. The van der Waals surface area contributed by atoms with Crippen LogP contribution in [0.5, 0.6) is 11.5 Å². The molecule has 1 aromatic heterocycles. The Kier molecular flexibility index (Phi) is 2.59. The molecule has 84 valence electrons. The Morgan fingerprint density at radius 2 is 1.81 bits per heavy atom. The van der Waals surface area contributed by atoms with Gasteiger partial charge in [0.2, 0.25) is 0 Å². The van der Waals surface area contributed by atoms with Crippen molar-refractivity contribution in [3.05, 3.63) is 28.7 Å². The fourth-order valence-electron chi connectivity index (χ4n) is 1.28. The molecule has 0 radical (unpaired) electrons. The Morgan fingerprint density at radius 3 is 2.25 bits per heavy atom. The lowest BCUT2D eigenvalue weighted by atomic mass is 10.3. The number of ether oxygens (including phenoxy) is 2. The molecule has 0 fully saturated rings. The van der Waals surface area contributed by atoms with Crippen LogP contribution in [0.15, 0.2) is 23.0 Å². The normalized spacial score (nSPS) is 10.1. The number of aromatic amines is 1. The summed E-state index contributed by atoms with van der Waals surface area (Å²) in [5, 5.41) is 9.23. The van der Waals surface area contributed by atoms with Crippen LogP contribution in [0.25, 0.3) is 5.69 Å². The first-order valence-electron chi connectivity index (χ1n) is 4.48. The van der Waals surface area contributed by atoms with E-state index in [0.29, 0.717) is 17.2 Å². The third-order valence-electron chi connectivity index (χ3n) is 2.05. The topological polar surface area (TPSA) is 82.0 Å². The highest BCUT2D eigenvalue weighted by Crippen LogP contribution is 2.23. The maximum absolute atomic E-state index is 11.3. The molecule has 0 unspecified atom stereocenters. The monoisotopic (exact) mass is 222 g/mol. The van der Waals surface area contributed by atoms with E-state index in [-0.39, 0.29) is 0 Å². The predicted octanol–water partition coefficient (Wildman–Crippen LogP) is -0.0272. The molecule has 0 aliphatic rings. The number of hydrogen-bond donors (Lipinski definition) is 1. The average molecular weight is 222 g/mol. The number of tetrazole rings is 1. The van der Waals surface area contributed by atoms with E-state index in [4.69, 9.17) is 9.47 Å². The van der Waals surface area contributed by atoms with Crippen LogP contribution in [0.1, 0.15) is 0 Å². The highest BCUT2D eigenvalue weighted by Gasteiger charge is 2.07. The van der Waals surface area contributed by atoms with Crippen LogP contribution in [-0.4, -0.2) is 34.4 Å². The maximum Gasteiger partial charge on any atom is 0.365 e. The molecule has 7 heteroatoms. The first-order valence-corrected chi connectivity index (χ1v) is 4.48. The molecule has 1 heterocycles. The maximum atomic E-state index is 11.3. The van der Waals surface area contributed by atoms with Crippen LogP contribution in [0.2, 0.25) is 0 Å². The Balaban J connectivity index is 2.56. The van der Waals surface area contributed by atoms with E-state index >= 15 is 0 Å². The highest BCUT2D eigenvalue weighted by atomic mass is 16.5. The summed E-state index contributed by atoms with van der Waals surface area (Å²) in [7, 11) is 3.06. The van der Waals surface area contributed by atoms with Crippen molar-refractivity contribution < 1.29 is 9.47 Å². The molecule has 1 aromatic carbocycles. The number of aromatic nitrogens is 4. The smallest absolute Gasteiger partial charge is 0.365 e. The Labute approximate surface area is 90.6 Å². The fraction of sp³-hybridized carbons (Fsp3) is 0.222. The molecule has 2 rings (SSSR count). The molecule has 0 bridgehead atoms. The largest absolute Gasteiger partial charge is 0.497 e. The third-order valence-corrected chi connectivity index (χ3v) is 2.05. The summed E-state index contributed by atoms with van der Waals surface area (Å²) in [4.78, 5) is 11.3. The van der Waals surface area contributed by atoms with Gasteiger partial charge >= 0.3 is 5.69 Å². The number of methoxy groups -OCH3 is 2. The van der Waals surface area contributed by atoms with E-state index < -0.39 is 5.69 Å². The lowest BCUT2D eigenvalue weighted by Gasteiger charge is -2.06. The zero-order valence-electron chi connectivity index (χ0n) is 8.80. The standard InChI is InChI=1S/C9H10N4O3/c1-15-7-3-6(4-8(5-7)16-2)13-9(14)10-11-12-13/h3-5H,1-2H3,(H,10,12,14). The van der Waals surface area contributed by atoms with Crippen molar-refractivity contribution in [2.75, 3.05) is 14.2 Å². The van der Waals surface area contributed by atoms with E-state index in [1.54, 1.807) is 18.2 Å². The number of nitrogens with one attached hydrogen (secondary N) is 1. The second kappa shape index (κ2) is 4.05. The zero-order chi connectivity index (χ0) is 11.5. The van der Waals surface area contributed by atoms with Gasteiger partial charge in [-0.15, -0.1) is 0 Å². The number of rotatable bonds is 3. The Hall–Kier alpha value is -2.31. The van der Waals surface area contributed by atoms with Crippen molar-refractivity contribution in [3.63, 3.8) is 0 Å². The number of hydrogen-bond acceptors (Lipinski definition) is 5. The van der Waals surface area contributed by atoms with Crippen LogP contribution in [0, 0.1) is 0 Å². The van der Waals surface area contributed by atoms with Crippen LogP contribution >= 0.6 is 0 Å². The molecule has 0 atom stereocenters. The van der Waals surface area contributed by atoms with Crippen molar-refractivity contribution in [3.8, 4) is 17.2 Å². The van der Waals surface area contributed by atoms with Gasteiger partial charge in [-0.1, -0.05) is 0 Å². The number of H-pyrrole nitrogens is 1. The molecule has 2 aromatic rings. The summed E-state index contributed by atoms with van der Waals surface area (Å²) in [6.07, 6.45) is 0. The van der Waals surface area contributed by atoms with Crippen LogP contribution < -0.4 is 15.2 Å². The highest BCUT2D eigenvalue weighted by molar-refractivity contribution is 5.45. The van der Waals surface area contributed by atoms with Crippen molar-refractivity contribution >= 4 is 0 Å². The first-order chi connectivity index (χ1) is 7.74. The van der Waals surface area contributed by atoms with E-state index in [1.807, 2.05) is 0 Å². The van der Waals surface area contributed by atoms with Gasteiger partial charge in [0.05, 0.1) is 19.9 Å². The van der Waals surface area contributed by atoms with Crippen molar-refractivity contribution in [1.29, 1.82) is 0 Å². The van der Waals surface area contributed by atoms with E-state index in [1.165, 1.54) is 14.2 Å². The van der Waals surface area contributed by atoms with Crippen molar-refractivity contribution in [2.45, 2.75) is 0 Å². The molecule has 0 saturated carbocycles. The second-order valence-electron chi connectivity index (χ2n) is 2.99. The lowest BCUT2D eigenvalue weighted by Crippen LogP contribution is -2.16. The molecule has 0 spiro atoms. The molecule has 0 aliphatic carbocycles.